The molecule has 1 heterocycles. The number of hydrogen-bond donors (Lipinski definition) is 1. The molecule has 1 aromatic rings. The highest BCUT2D eigenvalue weighted by Crippen LogP contribution is 2.37. The summed E-state index contributed by atoms with van der Waals surface area (Å²) in [5, 5.41) is 14.5. The van der Waals surface area contributed by atoms with Crippen LogP contribution in [0, 0.1) is 5.92 Å². The van der Waals surface area contributed by atoms with Crippen molar-refractivity contribution < 1.29 is 5.11 Å². The summed E-state index contributed by atoms with van der Waals surface area (Å²) in [6, 6.07) is 0.300. The Hall–Kier alpha value is -0.900. The summed E-state index contributed by atoms with van der Waals surface area (Å²) in [5.41, 5.74) is -0.638. The van der Waals surface area contributed by atoms with E-state index in [1.807, 2.05) is 11.6 Å². The lowest BCUT2D eigenvalue weighted by Crippen LogP contribution is -2.30. The molecule has 0 spiro atoms. The van der Waals surface area contributed by atoms with Crippen LogP contribution in [0.3, 0.4) is 0 Å². The maximum Gasteiger partial charge on any atom is 0.138 e. The third kappa shape index (κ3) is 2.82. The fourth-order valence-electron chi connectivity index (χ4n) is 2.19. The molecule has 0 aliphatic heterocycles. The SMILES string of the molecule is CC(C)n1ncnc1CC(C)(O)CC1CC1. The van der Waals surface area contributed by atoms with E-state index in [-0.39, 0.29) is 0 Å². The minimum absolute atomic E-state index is 0.300. The van der Waals surface area contributed by atoms with Crippen LogP contribution < -0.4 is 0 Å². The molecule has 1 aliphatic rings. The Morgan fingerprint density at radius 2 is 2.25 bits per heavy atom. The van der Waals surface area contributed by atoms with Crippen LogP contribution >= 0.6 is 0 Å². The summed E-state index contributed by atoms with van der Waals surface area (Å²) >= 11 is 0. The van der Waals surface area contributed by atoms with Crippen molar-refractivity contribution in [1.82, 2.24) is 14.8 Å². The summed E-state index contributed by atoms with van der Waals surface area (Å²) < 4.78 is 1.89. The molecule has 1 fully saturated rings. The quantitative estimate of drug-likeness (QED) is 0.830. The second kappa shape index (κ2) is 4.17. The molecular formula is C12H21N3O. The van der Waals surface area contributed by atoms with Gasteiger partial charge in [0.2, 0.25) is 0 Å². The largest absolute Gasteiger partial charge is 0.390 e. The zero-order chi connectivity index (χ0) is 11.8. The van der Waals surface area contributed by atoms with E-state index >= 15 is 0 Å². The van der Waals surface area contributed by atoms with Crippen LogP contribution in [0.1, 0.15) is 51.9 Å². The minimum Gasteiger partial charge on any atom is -0.390 e. The lowest BCUT2D eigenvalue weighted by atomic mass is 9.95. The Bertz CT molecular complexity index is 353. The maximum absolute atomic E-state index is 10.3. The Kier molecular flexibility index (Phi) is 3.02. The molecule has 1 atom stereocenters. The first-order valence-corrected chi connectivity index (χ1v) is 6.09. The van der Waals surface area contributed by atoms with E-state index in [4.69, 9.17) is 0 Å². The van der Waals surface area contributed by atoms with Crippen LogP contribution in [-0.4, -0.2) is 25.5 Å². The van der Waals surface area contributed by atoms with Crippen LogP contribution in [0.25, 0.3) is 0 Å². The fourth-order valence-corrected chi connectivity index (χ4v) is 2.19. The van der Waals surface area contributed by atoms with Gasteiger partial charge < -0.3 is 5.11 Å². The molecule has 2 rings (SSSR count). The van der Waals surface area contributed by atoms with Crippen LogP contribution in [0.2, 0.25) is 0 Å². The van der Waals surface area contributed by atoms with Crippen LogP contribution in [0.4, 0.5) is 0 Å². The summed E-state index contributed by atoms with van der Waals surface area (Å²) in [6.07, 6.45) is 5.60. The number of rotatable bonds is 5. The van der Waals surface area contributed by atoms with Crippen molar-refractivity contribution in [3.8, 4) is 0 Å². The molecule has 0 aromatic carbocycles. The smallest absolute Gasteiger partial charge is 0.138 e. The third-order valence-electron chi connectivity index (χ3n) is 3.10. The molecule has 1 saturated carbocycles. The molecule has 90 valence electrons. The Morgan fingerprint density at radius 3 is 2.81 bits per heavy atom. The maximum atomic E-state index is 10.3. The molecule has 0 amide bonds. The van der Waals surface area contributed by atoms with Gasteiger partial charge in [0.05, 0.1) is 5.60 Å². The predicted octanol–water partition coefficient (Wildman–Crippen LogP) is 1.95. The van der Waals surface area contributed by atoms with Gasteiger partial charge in [-0.15, -0.1) is 0 Å². The normalized spacial score (nSPS) is 20.1. The monoisotopic (exact) mass is 223 g/mol. The van der Waals surface area contributed by atoms with Gasteiger partial charge in [0.25, 0.3) is 0 Å². The van der Waals surface area contributed by atoms with Crippen molar-refractivity contribution in [2.24, 2.45) is 5.92 Å². The second-order valence-electron chi connectivity index (χ2n) is 5.54. The summed E-state index contributed by atoms with van der Waals surface area (Å²) in [4.78, 5) is 4.24. The van der Waals surface area contributed by atoms with Crippen molar-refractivity contribution in [2.45, 2.75) is 58.1 Å². The molecule has 1 aromatic heterocycles. The van der Waals surface area contributed by atoms with Gasteiger partial charge in [0.15, 0.2) is 0 Å². The van der Waals surface area contributed by atoms with Gasteiger partial charge in [-0.05, 0) is 33.1 Å². The number of hydrogen-bond acceptors (Lipinski definition) is 3. The molecule has 0 saturated heterocycles. The van der Waals surface area contributed by atoms with Crippen molar-refractivity contribution in [3.05, 3.63) is 12.2 Å². The van der Waals surface area contributed by atoms with Crippen molar-refractivity contribution in [1.29, 1.82) is 0 Å². The van der Waals surface area contributed by atoms with Crippen molar-refractivity contribution >= 4 is 0 Å². The highest BCUT2D eigenvalue weighted by atomic mass is 16.3. The average molecular weight is 223 g/mol. The highest BCUT2D eigenvalue weighted by Gasteiger charge is 2.33. The van der Waals surface area contributed by atoms with Crippen molar-refractivity contribution in [3.63, 3.8) is 0 Å². The molecule has 16 heavy (non-hydrogen) atoms. The average Bonchev–Trinajstić information content (AvgIpc) is 2.80. The fraction of sp³-hybridized carbons (Fsp3) is 0.833. The van der Waals surface area contributed by atoms with Crippen LogP contribution in [0.15, 0.2) is 6.33 Å². The summed E-state index contributed by atoms with van der Waals surface area (Å²) in [6.45, 7) is 6.06. The summed E-state index contributed by atoms with van der Waals surface area (Å²) in [7, 11) is 0. The number of nitrogens with zero attached hydrogens (tertiary/aromatic N) is 3. The molecule has 1 unspecified atom stereocenters. The van der Waals surface area contributed by atoms with Gasteiger partial charge in [0, 0.05) is 12.5 Å². The van der Waals surface area contributed by atoms with Gasteiger partial charge in [-0.3, -0.25) is 0 Å². The Morgan fingerprint density at radius 1 is 1.56 bits per heavy atom. The topological polar surface area (TPSA) is 50.9 Å². The van der Waals surface area contributed by atoms with E-state index in [0.29, 0.717) is 12.5 Å². The second-order valence-corrected chi connectivity index (χ2v) is 5.54. The third-order valence-corrected chi connectivity index (χ3v) is 3.10. The Balaban J connectivity index is 2.03. The lowest BCUT2D eigenvalue weighted by molar-refractivity contribution is 0.0422. The van der Waals surface area contributed by atoms with Crippen molar-refractivity contribution in [2.75, 3.05) is 0 Å². The Labute approximate surface area is 96.7 Å². The molecule has 1 aliphatic carbocycles. The van der Waals surface area contributed by atoms with E-state index in [2.05, 4.69) is 23.9 Å². The molecule has 0 radical (unpaired) electrons. The number of aromatic nitrogens is 3. The van der Waals surface area contributed by atoms with Gasteiger partial charge >= 0.3 is 0 Å². The number of aliphatic hydroxyl groups is 1. The summed E-state index contributed by atoms with van der Waals surface area (Å²) in [5.74, 6) is 1.62. The van der Waals surface area contributed by atoms with Gasteiger partial charge in [-0.1, -0.05) is 12.8 Å². The first kappa shape index (κ1) is 11.6. The molecular weight excluding hydrogens is 202 g/mol. The lowest BCUT2D eigenvalue weighted by Gasteiger charge is -2.23. The van der Waals surface area contributed by atoms with Crippen LogP contribution in [0.5, 0.6) is 0 Å². The molecule has 1 N–H and O–H groups in total. The van der Waals surface area contributed by atoms with Gasteiger partial charge in [-0.2, -0.15) is 5.10 Å². The van der Waals surface area contributed by atoms with E-state index in [1.165, 1.54) is 12.8 Å². The first-order valence-electron chi connectivity index (χ1n) is 6.09. The standard InChI is InChI=1S/C12H21N3O/c1-9(2)15-11(13-8-14-15)7-12(3,16)6-10-4-5-10/h8-10,16H,4-7H2,1-3H3. The minimum atomic E-state index is -0.638. The first-order chi connectivity index (χ1) is 7.48. The van der Waals surface area contributed by atoms with E-state index in [1.54, 1.807) is 6.33 Å². The zero-order valence-electron chi connectivity index (χ0n) is 10.3. The predicted molar refractivity (Wildman–Crippen MR) is 62.1 cm³/mol. The molecule has 0 bridgehead atoms. The molecule has 4 heteroatoms. The molecule has 4 nitrogen and oxygen atoms in total. The zero-order valence-corrected chi connectivity index (χ0v) is 10.3. The van der Waals surface area contributed by atoms with Gasteiger partial charge in [-0.25, -0.2) is 9.67 Å². The van der Waals surface area contributed by atoms with E-state index in [9.17, 15) is 5.11 Å². The van der Waals surface area contributed by atoms with Crippen LogP contribution in [-0.2, 0) is 6.42 Å². The van der Waals surface area contributed by atoms with Gasteiger partial charge in [0.1, 0.15) is 12.2 Å². The van der Waals surface area contributed by atoms with E-state index < -0.39 is 5.60 Å². The highest BCUT2D eigenvalue weighted by molar-refractivity contribution is 4.96. The van der Waals surface area contributed by atoms with E-state index in [0.717, 1.165) is 18.2 Å².